The van der Waals surface area contributed by atoms with E-state index in [1.807, 2.05) is 0 Å². The summed E-state index contributed by atoms with van der Waals surface area (Å²) < 4.78 is 30.4. The van der Waals surface area contributed by atoms with Crippen molar-refractivity contribution in [2.75, 3.05) is 26.6 Å². The summed E-state index contributed by atoms with van der Waals surface area (Å²) in [5.74, 6) is 0.388. The first-order valence-corrected chi connectivity index (χ1v) is 10.8. The van der Waals surface area contributed by atoms with E-state index in [0.29, 0.717) is 18.0 Å². The van der Waals surface area contributed by atoms with Crippen LogP contribution in [0.25, 0.3) is 0 Å². The summed E-state index contributed by atoms with van der Waals surface area (Å²) in [7, 11) is 0.290. The normalized spacial score (nSPS) is 13.9. The number of hydroxylamine groups is 1. The van der Waals surface area contributed by atoms with Crippen molar-refractivity contribution in [3.05, 3.63) is 48.0 Å². The number of nitrogens with zero attached hydrogens (tertiary/aromatic N) is 2. The van der Waals surface area contributed by atoms with E-state index in [1.54, 1.807) is 17.0 Å². The number of methoxy groups -OCH3 is 1. The molecule has 1 saturated carbocycles. The summed E-state index contributed by atoms with van der Waals surface area (Å²) in [4.78, 5) is 19.4. The number of sulfonamides is 1. The first-order valence-electron chi connectivity index (χ1n) is 9.33. The lowest BCUT2D eigenvalue weighted by atomic mass is 10.2. The van der Waals surface area contributed by atoms with Crippen molar-refractivity contribution < 1.29 is 27.9 Å². The lowest BCUT2D eigenvalue weighted by Crippen LogP contribution is -2.36. The van der Waals surface area contributed by atoms with E-state index in [9.17, 15) is 18.3 Å². The number of hydrogen-bond acceptors (Lipinski definition) is 6. The number of hydrogen-bond donors (Lipinski definition) is 2. The van der Waals surface area contributed by atoms with Gasteiger partial charge in [-0.05, 0) is 54.8 Å². The molecule has 162 valence electrons. The molecule has 0 heterocycles. The molecule has 30 heavy (non-hydrogen) atoms. The summed E-state index contributed by atoms with van der Waals surface area (Å²) in [5.41, 5.74) is 1.31. The summed E-state index contributed by atoms with van der Waals surface area (Å²) in [6.45, 7) is 0.359. The zero-order chi connectivity index (χ0) is 21.9. The van der Waals surface area contributed by atoms with E-state index in [1.165, 1.54) is 51.6 Å². The summed E-state index contributed by atoms with van der Waals surface area (Å²) >= 11 is 0. The van der Waals surface area contributed by atoms with Gasteiger partial charge in [0.2, 0.25) is 0 Å². The number of ether oxygens (including phenoxy) is 1. The fourth-order valence-electron chi connectivity index (χ4n) is 2.92. The van der Waals surface area contributed by atoms with Crippen molar-refractivity contribution in [3.63, 3.8) is 0 Å². The molecular formula is C20H25N3O6S. The number of phenolic OH excluding ortho intramolecular Hbond substituents is 1. The van der Waals surface area contributed by atoms with Crippen LogP contribution in [-0.2, 0) is 21.4 Å². The van der Waals surface area contributed by atoms with Crippen molar-refractivity contribution in [2.24, 2.45) is 0 Å². The maximum atomic E-state index is 12.8. The van der Waals surface area contributed by atoms with E-state index < -0.39 is 10.0 Å². The third-order valence-corrected chi connectivity index (χ3v) is 6.54. The topological polar surface area (TPSA) is 108 Å². The van der Waals surface area contributed by atoms with Crippen LogP contribution in [-0.4, -0.2) is 56.2 Å². The number of carbonyl (C=O) groups is 1. The Bertz CT molecular complexity index is 1010. The average Bonchev–Trinajstić information content (AvgIpc) is 3.57. The first kappa shape index (κ1) is 21.9. The first-order chi connectivity index (χ1) is 14.3. The number of amides is 2. The molecule has 2 aromatic carbocycles. The molecule has 10 heteroatoms. The minimum atomic E-state index is -3.75. The Balaban J connectivity index is 1.71. The molecule has 2 amide bonds. The highest BCUT2D eigenvalue weighted by Crippen LogP contribution is 2.32. The van der Waals surface area contributed by atoms with Crippen LogP contribution < -0.4 is 10.1 Å². The molecule has 0 aromatic heterocycles. The van der Waals surface area contributed by atoms with E-state index >= 15 is 0 Å². The third kappa shape index (κ3) is 4.84. The zero-order valence-corrected chi connectivity index (χ0v) is 17.8. The number of rotatable bonds is 8. The van der Waals surface area contributed by atoms with Gasteiger partial charge in [0.05, 0.1) is 19.1 Å². The van der Waals surface area contributed by atoms with Crippen molar-refractivity contribution in [1.29, 1.82) is 0 Å². The number of carbonyl (C=O) groups excluding carboxylic acids is 1. The monoisotopic (exact) mass is 435 g/mol. The molecule has 3 rings (SSSR count). The van der Waals surface area contributed by atoms with Gasteiger partial charge >= 0.3 is 6.03 Å². The molecule has 9 nitrogen and oxygen atoms in total. The Labute approximate surface area is 175 Å². The smallest absolute Gasteiger partial charge is 0.322 e. The van der Waals surface area contributed by atoms with Crippen LogP contribution in [0.1, 0.15) is 18.4 Å². The predicted octanol–water partition coefficient (Wildman–Crippen LogP) is 2.78. The Morgan fingerprint density at radius 3 is 2.40 bits per heavy atom. The molecular weight excluding hydrogens is 410 g/mol. The summed E-state index contributed by atoms with van der Waals surface area (Å²) in [6, 6.07) is 10.7. The number of nitrogens with one attached hydrogen (secondary N) is 1. The van der Waals surface area contributed by atoms with Crippen LogP contribution in [0.2, 0.25) is 0 Å². The van der Waals surface area contributed by atoms with E-state index in [4.69, 9.17) is 9.57 Å². The summed E-state index contributed by atoms with van der Waals surface area (Å²) in [5, 5.41) is 12.6. The average molecular weight is 436 g/mol. The number of benzene rings is 2. The lowest BCUT2D eigenvalue weighted by molar-refractivity contribution is -0.0258. The molecule has 0 unspecified atom stereocenters. The quantitative estimate of drug-likeness (QED) is 0.618. The fraction of sp³-hybridized carbons (Fsp3) is 0.350. The molecule has 0 radical (unpaired) electrons. The molecule has 0 atom stereocenters. The molecule has 2 N–H and O–H groups in total. The van der Waals surface area contributed by atoms with Crippen LogP contribution in [0, 0.1) is 0 Å². The van der Waals surface area contributed by atoms with Crippen molar-refractivity contribution in [2.45, 2.75) is 30.3 Å². The van der Waals surface area contributed by atoms with E-state index in [2.05, 4.69) is 5.32 Å². The molecule has 1 fully saturated rings. The van der Waals surface area contributed by atoms with Gasteiger partial charge < -0.3 is 20.1 Å². The van der Waals surface area contributed by atoms with E-state index in [0.717, 1.165) is 22.9 Å². The van der Waals surface area contributed by atoms with Crippen molar-refractivity contribution in [1.82, 2.24) is 9.37 Å². The minimum Gasteiger partial charge on any atom is -0.504 e. The second-order valence-corrected chi connectivity index (χ2v) is 8.85. The second-order valence-electron chi connectivity index (χ2n) is 6.92. The summed E-state index contributed by atoms with van der Waals surface area (Å²) in [6.07, 6.45) is 1.84. The SMILES string of the molecule is COc1cc(CN(C(=O)Nc2ccc(S(=O)(=O)N(C)OC)cc2)C2CC2)ccc1O. The maximum absolute atomic E-state index is 12.8. The minimum absolute atomic E-state index is 0.0397. The number of aromatic hydroxyl groups is 1. The van der Waals surface area contributed by atoms with Crippen molar-refractivity contribution in [3.8, 4) is 11.5 Å². The number of phenols is 1. The Morgan fingerprint density at radius 2 is 1.83 bits per heavy atom. The lowest BCUT2D eigenvalue weighted by Gasteiger charge is -2.23. The van der Waals surface area contributed by atoms with Gasteiger partial charge in [-0.2, -0.15) is 0 Å². The molecule has 0 aliphatic heterocycles. The molecule has 1 aliphatic rings. The number of anilines is 1. The number of urea groups is 1. The van der Waals surface area contributed by atoms with Crippen LogP contribution in [0.15, 0.2) is 47.4 Å². The van der Waals surface area contributed by atoms with Gasteiger partial charge in [-0.1, -0.05) is 10.5 Å². The van der Waals surface area contributed by atoms with Gasteiger partial charge in [0, 0.05) is 25.3 Å². The predicted molar refractivity (Wildman–Crippen MR) is 111 cm³/mol. The largest absolute Gasteiger partial charge is 0.504 e. The fourth-order valence-corrected chi connectivity index (χ4v) is 3.90. The standard InChI is InChI=1S/C20H25N3O6S/c1-22(29-3)30(26,27)17-9-5-15(6-10-17)21-20(25)23(16-7-8-16)13-14-4-11-18(24)19(12-14)28-2/h4-6,9-12,16,24H,7-8,13H2,1-3H3,(H,21,25). The van der Waals surface area contributed by atoms with Crippen LogP contribution in [0.4, 0.5) is 10.5 Å². The Kier molecular flexibility index (Phi) is 6.49. The van der Waals surface area contributed by atoms with Crippen molar-refractivity contribution >= 4 is 21.7 Å². The maximum Gasteiger partial charge on any atom is 0.322 e. The van der Waals surface area contributed by atoms with Gasteiger partial charge in [0.15, 0.2) is 11.5 Å². The van der Waals surface area contributed by atoms with Gasteiger partial charge in [0.25, 0.3) is 10.0 Å². The highest BCUT2D eigenvalue weighted by atomic mass is 32.2. The van der Waals surface area contributed by atoms with E-state index in [-0.39, 0.29) is 22.7 Å². The Morgan fingerprint density at radius 1 is 1.17 bits per heavy atom. The highest BCUT2D eigenvalue weighted by Gasteiger charge is 2.33. The zero-order valence-electron chi connectivity index (χ0n) is 17.0. The third-order valence-electron chi connectivity index (χ3n) is 4.84. The van der Waals surface area contributed by atoms with Gasteiger partial charge in [-0.25, -0.2) is 13.2 Å². The van der Waals surface area contributed by atoms with Gasteiger partial charge in [-0.15, -0.1) is 0 Å². The molecule has 0 bridgehead atoms. The molecule has 2 aromatic rings. The van der Waals surface area contributed by atoms with Crippen LogP contribution in [0.3, 0.4) is 0 Å². The second kappa shape index (κ2) is 8.90. The highest BCUT2D eigenvalue weighted by molar-refractivity contribution is 7.89. The molecule has 1 aliphatic carbocycles. The molecule has 0 saturated heterocycles. The van der Waals surface area contributed by atoms with Crippen LogP contribution >= 0.6 is 0 Å². The Hall–Kier alpha value is -2.82. The molecule has 0 spiro atoms. The van der Waals surface area contributed by atoms with Crippen LogP contribution in [0.5, 0.6) is 11.5 Å². The van der Waals surface area contributed by atoms with Gasteiger partial charge in [-0.3, -0.25) is 4.84 Å². The van der Waals surface area contributed by atoms with Gasteiger partial charge in [0.1, 0.15) is 0 Å².